The van der Waals surface area contributed by atoms with Crippen molar-refractivity contribution < 1.29 is 9.90 Å². The summed E-state index contributed by atoms with van der Waals surface area (Å²) in [5, 5.41) is 18.6. The Hall–Kier alpha value is -1.76. The van der Waals surface area contributed by atoms with E-state index in [1.54, 1.807) is 23.3 Å². The number of thiazole rings is 1. The molecule has 15 heavy (non-hydrogen) atoms. The Morgan fingerprint density at radius 3 is 3.07 bits per heavy atom. The first-order chi connectivity index (χ1) is 7.16. The van der Waals surface area contributed by atoms with E-state index in [0.29, 0.717) is 5.69 Å². The summed E-state index contributed by atoms with van der Waals surface area (Å²) < 4.78 is 1.60. The summed E-state index contributed by atoms with van der Waals surface area (Å²) in [4.78, 5) is 14.7. The fourth-order valence-electron chi connectivity index (χ4n) is 1.14. The van der Waals surface area contributed by atoms with Gasteiger partial charge in [-0.15, -0.1) is 16.4 Å². The van der Waals surface area contributed by atoms with Crippen LogP contribution >= 0.6 is 11.3 Å². The van der Waals surface area contributed by atoms with Gasteiger partial charge in [0.2, 0.25) is 0 Å². The van der Waals surface area contributed by atoms with Crippen LogP contribution in [-0.4, -0.2) is 31.1 Å². The first-order valence-electron chi connectivity index (χ1n) is 4.18. The van der Waals surface area contributed by atoms with Crippen molar-refractivity contribution in [2.45, 2.75) is 6.42 Å². The largest absolute Gasteiger partial charge is 0.481 e. The molecule has 2 aromatic rings. The van der Waals surface area contributed by atoms with Crippen LogP contribution in [0.1, 0.15) is 5.69 Å². The minimum Gasteiger partial charge on any atom is -0.481 e. The molecule has 0 saturated heterocycles. The minimum absolute atomic E-state index is 0.0538. The molecule has 0 unspecified atom stereocenters. The molecule has 0 saturated carbocycles. The molecule has 0 aliphatic carbocycles. The Balaban J connectivity index is 2.28. The summed E-state index contributed by atoms with van der Waals surface area (Å²) >= 11 is 1.39. The average molecular weight is 224 g/mol. The van der Waals surface area contributed by atoms with Crippen LogP contribution in [0, 0.1) is 0 Å². The summed E-state index contributed by atoms with van der Waals surface area (Å²) in [7, 11) is 1.76. The van der Waals surface area contributed by atoms with Gasteiger partial charge in [0.15, 0.2) is 0 Å². The van der Waals surface area contributed by atoms with Crippen LogP contribution in [0.4, 0.5) is 0 Å². The highest BCUT2D eigenvalue weighted by Crippen LogP contribution is 2.22. The van der Waals surface area contributed by atoms with Crippen LogP contribution in [0.5, 0.6) is 0 Å². The van der Waals surface area contributed by atoms with Gasteiger partial charge in [0, 0.05) is 12.4 Å². The lowest BCUT2D eigenvalue weighted by atomic mass is 10.3. The molecule has 78 valence electrons. The molecule has 1 N–H and O–H groups in total. The van der Waals surface area contributed by atoms with E-state index in [1.165, 1.54) is 11.3 Å². The molecular weight excluding hydrogens is 216 g/mol. The Bertz CT molecular complexity index is 490. The second-order valence-corrected chi connectivity index (χ2v) is 3.82. The van der Waals surface area contributed by atoms with Crippen molar-refractivity contribution >= 4 is 17.3 Å². The number of aliphatic carboxylic acids is 1. The molecule has 0 radical (unpaired) electrons. The molecule has 0 spiro atoms. The van der Waals surface area contributed by atoms with E-state index in [2.05, 4.69) is 15.3 Å². The molecule has 6 nitrogen and oxygen atoms in total. The van der Waals surface area contributed by atoms with E-state index < -0.39 is 5.97 Å². The predicted molar refractivity (Wildman–Crippen MR) is 53.5 cm³/mol. The number of carboxylic acids is 1. The maximum Gasteiger partial charge on any atom is 0.309 e. The number of hydrogen-bond acceptors (Lipinski definition) is 5. The zero-order valence-electron chi connectivity index (χ0n) is 7.91. The number of aromatic nitrogens is 4. The number of rotatable bonds is 3. The Morgan fingerprint density at radius 1 is 1.67 bits per heavy atom. The summed E-state index contributed by atoms with van der Waals surface area (Å²) in [5.74, 6) is -0.880. The standard InChI is InChI=1S/C8H8N4O2S/c1-12-6(3-9-11-12)8-10-5(4-15-8)2-7(13)14/h3-4H,2H2,1H3,(H,13,14). The van der Waals surface area contributed by atoms with Crippen LogP contribution in [0.2, 0.25) is 0 Å². The molecule has 0 amide bonds. The lowest BCUT2D eigenvalue weighted by Gasteiger charge is -1.93. The molecule has 0 fully saturated rings. The van der Waals surface area contributed by atoms with Gasteiger partial charge in [-0.05, 0) is 0 Å². The zero-order valence-corrected chi connectivity index (χ0v) is 8.73. The molecule has 2 aromatic heterocycles. The molecular formula is C8H8N4O2S. The Labute approximate surface area is 89.2 Å². The molecule has 0 bridgehead atoms. The fraction of sp³-hybridized carbons (Fsp3) is 0.250. The van der Waals surface area contributed by atoms with Gasteiger partial charge >= 0.3 is 5.97 Å². The van der Waals surface area contributed by atoms with Crippen molar-refractivity contribution in [3.05, 3.63) is 17.3 Å². The molecule has 2 heterocycles. The van der Waals surface area contributed by atoms with Gasteiger partial charge in [0.05, 0.1) is 18.3 Å². The quantitative estimate of drug-likeness (QED) is 0.824. The first kappa shape index (κ1) is 9.78. The maximum atomic E-state index is 10.5. The third kappa shape index (κ3) is 2.01. The highest BCUT2D eigenvalue weighted by atomic mass is 32.1. The van der Waals surface area contributed by atoms with E-state index in [-0.39, 0.29) is 6.42 Å². The first-order valence-corrected chi connectivity index (χ1v) is 5.06. The number of nitrogens with zero attached hydrogens (tertiary/aromatic N) is 4. The van der Waals surface area contributed by atoms with Gasteiger partial charge in [-0.1, -0.05) is 5.21 Å². The van der Waals surface area contributed by atoms with Gasteiger partial charge in [0.25, 0.3) is 0 Å². The maximum absolute atomic E-state index is 10.5. The van der Waals surface area contributed by atoms with Gasteiger partial charge in [0.1, 0.15) is 10.7 Å². The summed E-state index contributed by atoms with van der Waals surface area (Å²) in [6, 6.07) is 0. The molecule has 0 aliphatic rings. The van der Waals surface area contributed by atoms with Crippen molar-refractivity contribution in [3.63, 3.8) is 0 Å². The summed E-state index contributed by atoms with van der Waals surface area (Å²) in [6.07, 6.45) is 1.55. The fourth-order valence-corrected chi connectivity index (χ4v) is 2.00. The van der Waals surface area contributed by atoms with Crippen molar-refractivity contribution in [1.29, 1.82) is 0 Å². The number of carbonyl (C=O) groups is 1. The van der Waals surface area contributed by atoms with Gasteiger partial charge in [-0.25, -0.2) is 9.67 Å². The normalized spacial score (nSPS) is 10.5. The SMILES string of the molecule is Cn1nncc1-c1nc(CC(=O)O)cs1. The number of hydrogen-bond donors (Lipinski definition) is 1. The van der Waals surface area contributed by atoms with E-state index in [4.69, 9.17) is 5.11 Å². The van der Waals surface area contributed by atoms with Crippen molar-refractivity contribution in [2.75, 3.05) is 0 Å². The third-order valence-electron chi connectivity index (χ3n) is 1.82. The predicted octanol–water partition coefficient (Wildman–Crippen LogP) is 0.566. The topological polar surface area (TPSA) is 80.9 Å². The molecule has 0 atom stereocenters. The van der Waals surface area contributed by atoms with Crippen LogP contribution in [0.3, 0.4) is 0 Å². The van der Waals surface area contributed by atoms with E-state index >= 15 is 0 Å². The Kier molecular flexibility index (Phi) is 2.46. The third-order valence-corrected chi connectivity index (χ3v) is 2.73. The number of aryl methyl sites for hydroxylation is 1. The molecule has 7 heteroatoms. The van der Waals surface area contributed by atoms with Crippen molar-refractivity contribution in [2.24, 2.45) is 7.05 Å². The Morgan fingerprint density at radius 2 is 2.47 bits per heavy atom. The monoisotopic (exact) mass is 224 g/mol. The van der Waals surface area contributed by atoms with Gasteiger partial charge in [-0.2, -0.15) is 0 Å². The van der Waals surface area contributed by atoms with Gasteiger partial charge in [-0.3, -0.25) is 4.79 Å². The number of carboxylic acid groups (broad SMARTS) is 1. The van der Waals surface area contributed by atoms with Gasteiger partial charge < -0.3 is 5.11 Å². The van der Waals surface area contributed by atoms with E-state index in [0.717, 1.165) is 10.7 Å². The molecule has 0 aliphatic heterocycles. The van der Waals surface area contributed by atoms with E-state index in [9.17, 15) is 4.79 Å². The highest BCUT2D eigenvalue weighted by molar-refractivity contribution is 7.13. The minimum atomic E-state index is -0.880. The molecule has 2 rings (SSSR count). The average Bonchev–Trinajstić information content (AvgIpc) is 2.72. The van der Waals surface area contributed by atoms with E-state index in [1.807, 2.05) is 0 Å². The highest BCUT2D eigenvalue weighted by Gasteiger charge is 2.10. The summed E-state index contributed by atoms with van der Waals surface area (Å²) in [5.41, 5.74) is 1.35. The summed E-state index contributed by atoms with van der Waals surface area (Å²) in [6.45, 7) is 0. The zero-order chi connectivity index (χ0) is 10.8. The van der Waals surface area contributed by atoms with Crippen LogP contribution in [-0.2, 0) is 18.3 Å². The van der Waals surface area contributed by atoms with Crippen LogP contribution in [0.15, 0.2) is 11.6 Å². The second-order valence-electron chi connectivity index (χ2n) is 2.96. The van der Waals surface area contributed by atoms with Crippen molar-refractivity contribution in [3.8, 4) is 10.7 Å². The smallest absolute Gasteiger partial charge is 0.309 e. The van der Waals surface area contributed by atoms with Crippen LogP contribution in [0.25, 0.3) is 10.7 Å². The second kappa shape index (κ2) is 3.77. The molecule has 0 aromatic carbocycles. The van der Waals surface area contributed by atoms with Crippen LogP contribution < -0.4 is 0 Å². The lowest BCUT2D eigenvalue weighted by Crippen LogP contribution is -2.00. The van der Waals surface area contributed by atoms with Crippen molar-refractivity contribution in [1.82, 2.24) is 20.0 Å². The lowest BCUT2D eigenvalue weighted by molar-refractivity contribution is -0.136.